The van der Waals surface area contributed by atoms with E-state index in [0.717, 1.165) is 24.9 Å². The Morgan fingerprint density at radius 1 is 1.33 bits per heavy atom. The summed E-state index contributed by atoms with van der Waals surface area (Å²) in [6.45, 7) is 6.31. The van der Waals surface area contributed by atoms with Gasteiger partial charge < -0.3 is 10.2 Å². The van der Waals surface area contributed by atoms with Crippen molar-refractivity contribution >= 4 is 17.2 Å². The van der Waals surface area contributed by atoms with Gasteiger partial charge in [0, 0.05) is 29.7 Å². The lowest BCUT2D eigenvalue weighted by atomic mass is 10.2. The van der Waals surface area contributed by atoms with Crippen LogP contribution in [-0.2, 0) is 13.1 Å². The first-order valence-corrected chi connectivity index (χ1v) is 8.57. The van der Waals surface area contributed by atoms with E-state index in [-0.39, 0.29) is 0 Å². The van der Waals surface area contributed by atoms with Crippen LogP contribution in [0, 0.1) is 0 Å². The van der Waals surface area contributed by atoms with Crippen LogP contribution in [0.25, 0.3) is 0 Å². The van der Waals surface area contributed by atoms with Gasteiger partial charge in [-0.2, -0.15) is 0 Å². The molecule has 112 valence electrons. The van der Waals surface area contributed by atoms with Crippen LogP contribution in [0.15, 0.2) is 35.8 Å². The lowest BCUT2D eigenvalue weighted by Gasteiger charge is -2.27. The van der Waals surface area contributed by atoms with Crippen molar-refractivity contribution in [2.24, 2.45) is 0 Å². The standard InChI is InChI=1S/C17H23N3S/c1-13(2)20(12-16-4-3-9-21-16)17-8-5-14(11-19-17)10-18-15-6-7-15/h3-5,8-9,11,13,15,18H,6-7,10,12H2,1-2H3. The van der Waals surface area contributed by atoms with E-state index in [1.54, 1.807) is 11.3 Å². The number of thiophene rings is 1. The van der Waals surface area contributed by atoms with E-state index >= 15 is 0 Å². The number of pyridine rings is 1. The third kappa shape index (κ3) is 4.05. The second-order valence-corrected chi connectivity index (χ2v) is 7.01. The number of nitrogens with zero attached hydrogens (tertiary/aromatic N) is 2. The zero-order valence-electron chi connectivity index (χ0n) is 12.7. The summed E-state index contributed by atoms with van der Waals surface area (Å²) in [4.78, 5) is 8.40. The highest BCUT2D eigenvalue weighted by Gasteiger charge is 2.20. The molecule has 4 heteroatoms. The molecule has 0 amide bonds. The smallest absolute Gasteiger partial charge is 0.129 e. The van der Waals surface area contributed by atoms with E-state index < -0.39 is 0 Å². The summed E-state index contributed by atoms with van der Waals surface area (Å²) < 4.78 is 0. The molecule has 1 aliphatic carbocycles. The molecule has 1 fully saturated rings. The van der Waals surface area contributed by atoms with Crippen LogP contribution in [0.1, 0.15) is 37.1 Å². The van der Waals surface area contributed by atoms with Crippen LogP contribution in [-0.4, -0.2) is 17.1 Å². The van der Waals surface area contributed by atoms with Gasteiger partial charge in [-0.15, -0.1) is 11.3 Å². The first-order valence-electron chi connectivity index (χ1n) is 7.69. The summed E-state index contributed by atoms with van der Waals surface area (Å²) in [5.41, 5.74) is 1.27. The van der Waals surface area contributed by atoms with Crippen molar-refractivity contribution < 1.29 is 0 Å². The van der Waals surface area contributed by atoms with Gasteiger partial charge in [0.2, 0.25) is 0 Å². The average Bonchev–Trinajstić information content (AvgIpc) is 3.17. The third-order valence-electron chi connectivity index (χ3n) is 3.81. The molecule has 21 heavy (non-hydrogen) atoms. The average molecular weight is 301 g/mol. The highest BCUT2D eigenvalue weighted by atomic mass is 32.1. The van der Waals surface area contributed by atoms with Gasteiger partial charge in [0.1, 0.15) is 5.82 Å². The molecule has 0 bridgehead atoms. The van der Waals surface area contributed by atoms with Crippen molar-refractivity contribution in [1.82, 2.24) is 10.3 Å². The highest BCUT2D eigenvalue weighted by Crippen LogP contribution is 2.21. The topological polar surface area (TPSA) is 28.2 Å². The normalized spacial score (nSPS) is 14.6. The van der Waals surface area contributed by atoms with E-state index in [1.165, 1.54) is 23.3 Å². The Bertz CT molecular complexity index is 544. The monoisotopic (exact) mass is 301 g/mol. The predicted octanol–water partition coefficient (Wildman–Crippen LogP) is 3.81. The fourth-order valence-corrected chi connectivity index (χ4v) is 3.04. The van der Waals surface area contributed by atoms with Crippen molar-refractivity contribution in [2.45, 2.75) is 51.9 Å². The third-order valence-corrected chi connectivity index (χ3v) is 4.67. The summed E-state index contributed by atoms with van der Waals surface area (Å²) in [7, 11) is 0. The second-order valence-electron chi connectivity index (χ2n) is 5.98. The van der Waals surface area contributed by atoms with Gasteiger partial charge in [-0.1, -0.05) is 12.1 Å². The van der Waals surface area contributed by atoms with Crippen molar-refractivity contribution in [3.05, 3.63) is 46.3 Å². The highest BCUT2D eigenvalue weighted by molar-refractivity contribution is 7.09. The molecular weight excluding hydrogens is 278 g/mol. The minimum absolute atomic E-state index is 0.440. The predicted molar refractivity (Wildman–Crippen MR) is 89.7 cm³/mol. The zero-order valence-corrected chi connectivity index (χ0v) is 13.6. The van der Waals surface area contributed by atoms with Crippen molar-refractivity contribution in [3.63, 3.8) is 0 Å². The molecule has 2 heterocycles. The second kappa shape index (κ2) is 6.58. The Hall–Kier alpha value is -1.39. The van der Waals surface area contributed by atoms with Gasteiger partial charge >= 0.3 is 0 Å². The number of nitrogens with one attached hydrogen (secondary N) is 1. The molecular formula is C17H23N3S. The largest absolute Gasteiger partial charge is 0.349 e. The summed E-state index contributed by atoms with van der Waals surface area (Å²) in [5, 5.41) is 5.66. The Labute approximate surface area is 131 Å². The molecule has 3 nitrogen and oxygen atoms in total. The van der Waals surface area contributed by atoms with Crippen molar-refractivity contribution in [2.75, 3.05) is 4.90 Å². The summed E-state index contributed by atoms with van der Waals surface area (Å²) in [6.07, 6.45) is 4.66. The van der Waals surface area contributed by atoms with Gasteiger partial charge in [-0.3, -0.25) is 0 Å². The van der Waals surface area contributed by atoms with Crippen molar-refractivity contribution in [3.8, 4) is 0 Å². The van der Waals surface area contributed by atoms with Crippen molar-refractivity contribution in [1.29, 1.82) is 0 Å². The zero-order chi connectivity index (χ0) is 14.7. The van der Waals surface area contributed by atoms with Crippen LogP contribution in [0.5, 0.6) is 0 Å². The van der Waals surface area contributed by atoms with E-state index in [4.69, 9.17) is 0 Å². The molecule has 0 radical (unpaired) electrons. The quantitative estimate of drug-likeness (QED) is 0.843. The van der Waals surface area contributed by atoms with E-state index in [0.29, 0.717) is 6.04 Å². The Balaban J connectivity index is 1.66. The molecule has 0 spiro atoms. The molecule has 2 aromatic rings. The first kappa shape index (κ1) is 14.5. The van der Waals surface area contributed by atoms with Gasteiger partial charge in [-0.05, 0) is 49.8 Å². The first-order chi connectivity index (χ1) is 10.2. The maximum absolute atomic E-state index is 4.67. The lowest BCUT2D eigenvalue weighted by Crippen LogP contribution is -2.30. The van der Waals surface area contributed by atoms with Crippen LogP contribution < -0.4 is 10.2 Å². The molecule has 0 saturated heterocycles. The number of hydrogen-bond acceptors (Lipinski definition) is 4. The molecule has 0 atom stereocenters. The molecule has 2 aromatic heterocycles. The molecule has 0 unspecified atom stereocenters. The van der Waals surface area contributed by atoms with Crippen LogP contribution in [0.4, 0.5) is 5.82 Å². The lowest BCUT2D eigenvalue weighted by molar-refractivity contribution is 0.670. The SMILES string of the molecule is CC(C)N(Cc1cccs1)c1ccc(CNC2CC2)cn1. The van der Waals surface area contributed by atoms with E-state index in [2.05, 4.69) is 58.7 Å². The van der Waals surface area contributed by atoms with Gasteiger partial charge in [0.15, 0.2) is 0 Å². The summed E-state index contributed by atoms with van der Waals surface area (Å²) in [6, 6.07) is 9.83. The number of hydrogen-bond donors (Lipinski definition) is 1. The minimum Gasteiger partial charge on any atom is -0.349 e. The van der Waals surface area contributed by atoms with Gasteiger partial charge in [-0.25, -0.2) is 4.98 Å². The van der Waals surface area contributed by atoms with Crippen LogP contribution in [0.3, 0.4) is 0 Å². The molecule has 0 aromatic carbocycles. The summed E-state index contributed by atoms with van der Waals surface area (Å²) >= 11 is 1.81. The minimum atomic E-state index is 0.440. The number of aromatic nitrogens is 1. The Morgan fingerprint density at radius 2 is 2.19 bits per heavy atom. The summed E-state index contributed by atoms with van der Waals surface area (Å²) in [5.74, 6) is 1.06. The fourth-order valence-electron chi connectivity index (χ4n) is 2.34. The van der Waals surface area contributed by atoms with E-state index in [1.807, 2.05) is 6.20 Å². The van der Waals surface area contributed by atoms with Gasteiger partial charge in [0.25, 0.3) is 0 Å². The number of anilines is 1. The number of rotatable bonds is 7. The maximum atomic E-state index is 4.67. The molecule has 3 rings (SSSR count). The van der Waals surface area contributed by atoms with E-state index in [9.17, 15) is 0 Å². The molecule has 0 aliphatic heterocycles. The van der Waals surface area contributed by atoms with Gasteiger partial charge in [0.05, 0.1) is 6.54 Å². The Morgan fingerprint density at radius 3 is 2.76 bits per heavy atom. The molecule has 1 aliphatic rings. The van der Waals surface area contributed by atoms with Crippen LogP contribution in [0.2, 0.25) is 0 Å². The molecule has 1 saturated carbocycles. The van der Waals surface area contributed by atoms with Crippen LogP contribution >= 0.6 is 11.3 Å². The Kier molecular flexibility index (Phi) is 4.56. The maximum Gasteiger partial charge on any atom is 0.129 e. The molecule has 1 N–H and O–H groups in total. The fraction of sp³-hybridized carbons (Fsp3) is 0.471.